The van der Waals surface area contributed by atoms with Gasteiger partial charge in [0.15, 0.2) is 0 Å². The summed E-state index contributed by atoms with van der Waals surface area (Å²) >= 11 is 0. The van der Waals surface area contributed by atoms with Crippen LogP contribution in [0.2, 0.25) is 0 Å². The molecule has 15 heavy (non-hydrogen) atoms. The zero-order valence-electron chi connectivity index (χ0n) is 6.14. The molecule has 0 unspecified atom stereocenters. The van der Waals surface area contributed by atoms with Gasteiger partial charge >= 0.3 is 23.3 Å². The van der Waals surface area contributed by atoms with E-state index in [9.17, 15) is 35.1 Å². The molecule has 0 aromatic heterocycles. The average molecular weight is 274 g/mol. The summed E-state index contributed by atoms with van der Waals surface area (Å²) in [6.45, 7) is 0. The third-order valence-corrected chi connectivity index (χ3v) is 0. The fourth-order valence-electron chi connectivity index (χ4n) is 0. The van der Waals surface area contributed by atoms with Crippen molar-refractivity contribution in [3.8, 4) is 0 Å². The lowest BCUT2D eigenvalue weighted by Crippen LogP contribution is -1.92. The summed E-state index contributed by atoms with van der Waals surface area (Å²) in [6, 6.07) is 0. The number of rotatable bonds is 0. The fourth-order valence-corrected chi connectivity index (χ4v) is 0. The number of hydrogen-bond donors (Lipinski definition) is 2. The lowest BCUT2D eigenvalue weighted by molar-refractivity contribution is -0.238. The highest BCUT2D eigenvalue weighted by Crippen LogP contribution is 2.14. The van der Waals surface area contributed by atoms with Crippen LogP contribution in [0.25, 0.3) is 0 Å². The first-order chi connectivity index (χ1) is 6.00. The van der Waals surface area contributed by atoms with Crippen LogP contribution in [0, 0.1) is 0 Å². The van der Waals surface area contributed by atoms with E-state index in [0.717, 1.165) is 0 Å². The first-order valence-electron chi connectivity index (χ1n) is 2.21. The van der Waals surface area contributed by atoms with Gasteiger partial charge in [0.05, 0.1) is 0 Å². The highest BCUT2D eigenvalue weighted by Gasteiger charge is 2.25. The second kappa shape index (κ2) is 6.73. The molecule has 0 heterocycles. The SMILES string of the molecule is FC(F)(F)F.FC(F)(F)F.O=S(=O)(O)O. The summed E-state index contributed by atoms with van der Waals surface area (Å²) < 4.78 is 109. The molecule has 0 rings (SSSR count). The third kappa shape index (κ3) is 3580. The summed E-state index contributed by atoms with van der Waals surface area (Å²) in [7, 11) is -4.67. The Hall–Kier alpha value is -0.690. The van der Waals surface area contributed by atoms with Gasteiger partial charge in [-0.2, -0.15) is 8.42 Å². The monoisotopic (exact) mass is 274 g/mol. The topological polar surface area (TPSA) is 74.6 Å². The van der Waals surface area contributed by atoms with Crippen LogP contribution in [0.3, 0.4) is 0 Å². The van der Waals surface area contributed by atoms with E-state index in [-0.39, 0.29) is 0 Å². The molecule has 0 amide bonds. The molecular formula is C2H2F8O4S. The first-order valence-corrected chi connectivity index (χ1v) is 3.61. The van der Waals surface area contributed by atoms with Crippen LogP contribution >= 0.6 is 0 Å². The van der Waals surface area contributed by atoms with Gasteiger partial charge in [-0.15, -0.1) is 35.1 Å². The number of hydrogen-bond acceptors (Lipinski definition) is 2. The molecule has 0 aromatic carbocycles. The van der Waals surface area contributed by atoms with Crippen molar-refractivity contribution in [2.45, 2.75) is 12.9 Å². The molecule has 4 nitrogen and oxygen atoms in total. The maximum Gasteiger partial charge on any atom is 0.559 e. The van der Waals surface area contributed by atoms with Crippen molar-refractivity contribution in [2.24, 2.45) is 0 Å². The minimum absolute atomic E-state index is 4.67. The molecule has 0 aromatic rings. The Labute approximate surface area is 77.1 Å². The predicted octanol–water partition coefficient (Wildman–Crippen LogP) is 2.30. The highest BCUT2D eigenvalue weighted by molar-refractivity contribution is 7.79. The lowest BCUT2D eigenvalue weighted by Gasteiger charge is -1.82. The van der Waals surface area contributed by atoms with Gasteiger partial charge < -0.3 is 0 Å². The Morgan fingerprint density at radius 1 is 0.667 bits per heavy atom. The van der Waals surface area contributed by atoms with E-state index >= 15 is 0 Å². The predicted molar refractivity (Wildman–Crippen MR) is 28.5 cm³/mol. The van der Waals surface area contributed by atoms with E-state index in [1.54, 1.807) is 0 Å². The normalized spacial score (nSPS) is 11.9. The molecule has 2 N–H and O–H groups in total. The molecule has 0 fully saturated rings. The van der Waals surface area contributed by atoms with Crippen molar-refractivity contribution >= 4 is 10.4 Å². The van der Waals surface area contributed by atoms with E-state index in [0.29, 0.717) is 0 Å². The molecule has 0 radical (unpaired) electrons. The van der Waals surface area contributed by atoms with Gasteiger partial charge in [0.25, 0.3) is 0 Å². The molecule has 0 saturated carbocycles. The fraction of sp³-hybridized carbons (Fsp3) is 1.00. The molecule has 0 bridgehead atoms. The van der Waals surface area contributed by atoms with Gasteiger partial charge in [0, 0.05) is 0 Å². The number of halogens is 8. The van der Waals surface area contributed by atoms with E-state index in [4.69, 9.17) is 17.5 Å². The molecule has 0 atom stereocenters. The molecule has 0 saturated heterocycles. The second-order valence-electron chi connectivity index (χ2n) is 1.30. The second-order valence-corrected chi connectivity index (χ2v) is 2.20. The van der Waals surface area contributed by atoms with Crippen LogP contribution in [0.15, 0.2) is 0 Å². The average Bonchev–Trinajstić information content (AvgIpc) is 1.41. The maximum atomic E-state index is 9.69. The Morgan fingerprint density at radius 2 is 0.667 bits per heavy atom. The summed E-state index contributed by atoms with van der Waals surface area (Å²) in [5, 5.41) is 0. The van der Waals surface area contributed by atoms with Gasteiger partial charge in [0.2, 0.25) is 0 Å². The molecule has 0 aliphatic rings. The largest absolute Gasteiger partial charge is 0.559 e. The van der Waals surface area contributed by atoms with Gasteiger partial charge in [-0.05, 0) is 0 Å². The molecule has 0 spiro atoms. The van der Waals surface area contributed by atoms with Crippen LogP contribution in [0.5, 0.6) is 0 Å². The first kappa shape index (κ1) is 19.8. The van der Waals surface area contributed by atoms with Crippen molar-refractivity contribution < 1.29 is 52.6 Å². The molecular weight excluding hydrogens is 272 g/mol. The quantitative estimate of drug-likeness (QED) is 0.525. The van der Waals surface area contributed by atoms with Gasteiger partial charge in [0.1, 0.15) is 0 Å². The van der Waals surface area contributed by atoms with E-state index in [2.05, 4.69) is 0 Å². The smallest absolute Gasteiger partial charge is 0.264 e. The van der Waals surface area contributed by atoms with Gasteiger partial charge in [-0.3, -0.25) is 9.11 Å². The Morgan fingerprint density at radius 3 is 0.667 bits per heavy atom. The summed E-state index contributed by atoms with van der Waals surface area (Å²) in [6.07, 6.45) is -11.0. The van der Waals surface area contributed by atoms with Gasteiger partial charge in [-0.1, -0.05) is 0 Å². The van der Waals surface area contributed by atoms with Crippen LogP contribution in [0.1, 0.15) is 0 Å². The third-order valence-electron chi connectivity index (χ3n) is 0. The van der Waals surface area contributed by atoms with E-state index < -0.39 is 23.3 Å². The Kier molecular flexibility index (Phi) is 8.89. The minimum atomic E-state index is -5.50. The molecule has 0 aliphatic heterocycles. The standard InChI is InChI=1S/2CF4.H2O4S/c2*2-1(3,4)5;1-5(2,3)4/h;;(H2,1,2,3,4). The Bertz CT molecular complexity index is 204. The molecule has 0 aliphatic carbocycles. The van der Waals surface area contributed by atoms with E-state index in [1.165, 1.54) is 0 Å². The lowest BCUT2D eigenvalue weighted by atomic mass is 11.5. The highest BCUT2D eigenvalue weighted by atomic mass is 32.3. The Balaban J connectivity index is -0.000000144. The van der Waals surface area contributed by atoms with Crippen LogP contribution < -0.4 is 0 Å². The molecule has 96 valence electrons. The van der Waals surface area contributed by atoms with Crippen molar-refractivity contribution in [1.29, 1.82) is 0 Å². The van der Waals surface area contributed by atoms with Crippen molar-refractivity contribution in [2.75, 3.05) is 0 Å². The molecule has 13 heteroatoms. The summed E-state index contributed by atoms with van der Waals surface area (Å²) in [4.78, 5) is 0. The van der Waals surface area contributed by atoms with Crippen molar-refractivity contribution in [3.63, 3.8) is 0 Å². The van der Waals surface area contributed by atoms with Crippen LogP contribution in [0.4, 0.5) is 35.1 Å². The van der Waals surface area contributed by atoms with Gasteiger partial charge in [-0.25, -0.2) is 0 Å². The summed E-state index contributed by atoms with van der Waals surface area (Å²) in [5.41, 5.74) is 0. The minimum Gasteiger partial charge on any atom is -0.264 e. The maximum absolute atomic E-state index is 9.69. The zero-order valence-corrected chi connectivity index (χ0v) is 6.96. The van der Waals surface area contributed by atoms with E-state index in [1.807, 2.05) is 0 Å². The van der Waals surface area contributed by atoms with Crippen molar-refractivity contribution in [1.82, 2.24) is 0 Å². The van der Waals surface area contributed by atoms with Crippen LogP contribution in [-0.2, 0) is 10.4 Å². The zero-order chi connectivity index (χ0) is 13.5. The summed E-state index contributed by atoms with van der Waals surface area (Å²) in [5.74, 6) is 0. The van der Waals surface area contributed by atoms with Crippen molar-refractivity contribution in [3.05, 3.63) is 0 Å². The number of alkyl halides is 8. The van der Waals surface area contributed by atoms with Crippen LogP contribution in [-0.4, -0.2) is 30.4 Å².